The van der Waals surface area contributed by atoms with Crippen molar-refractivity contribution in [2.24, 2.45) is 5.92 Å². The number of halogens is 1. The van der Waals surface area contributed by atoms with Gasteiger partial charge in [-0.15, -0.1) is 0 Å². The number of anilines is 1. The van der Waals surface area contributed by atoms with Crippen LogP contribution in [0.3, 0.4) is 0 Å². The van der Waals surface area contributed by atoms with Crippen molar-refractivity contribution in [3.8, 4) is 0 Å². The highest BCUT2D eigenvalue weighted by Crippen LogP contribution is 2.25. The number of carbonyl (C=O) groups is 1. The second-order valence-corrected chi connectivity index (χ2v) is 7.63. The van der Waals surface area contributed by atoms with E-state index >= 15 is 0 Å². The summed E-state index contributed by atoms with van der Waals surface area (Å²) < 4.78 is 17.4. The van der Waals surface area contributed by atoms with Gasteiger partial charge in [-0.1, -0.05) is 19.1 Å². The van der Waals surface area contributed by atoms with Crippen LogP contribution in [0.1, 0.15) is 44.5 Å². The molecule has 3 rings (SSSR count). The van der Waals surface area contributed by atoms with Gasteiger partial charge in [0.1, 0.15) is 11.6 Å². The maximum Gasteiger partial charge on any atom is 0.225 e. The molecular weight excluding hydrogens is 351 g/mol. The van der Waals surface area contributed by atoms with E-state index < -0.39 is 0 Å². The van der Waals surface area contributed by atoms with E-state index in [0.717, 1.165) is 42.3 Å². The molecule has 0 saturated carbocycles. The van der Waals surface area contributed by atoms with Gasteiger partial charge in [0.15, 0.2) is 0 Å². The third kappa shape index (κ3) is 4.78. The Kier molecular flexibility index (Phi) is 6.19. The molecular formula is C19H25FN4OS. The second-order valence-electron chi connectivity index (χ2n) is 6.90. The van der Waals surface area contributed by atoms with Gasteiger partial charge in [-0.2, -0.15) is 4.37 Å². The highest BCUT2D eigenvalue weighted by atomic mass is 32.1. The monoisotopic (exact) mass is 376 g/mol. The van der Waals surface area contributed by atoms with Crippen LogP contribution in [0.2, 0.25) is 0 Å². The molecule has 1 fully saturated rings. The van der Waals surface area contributed by atoms with Crippen LogP contribution in [-0.4, -0.2) is 34.4 Å². The lowest BCUT2D eigenvalue weighted by Gasteiger charge is -2.32. The van der Waals surface area contributed by atoms with E-state index in [-0.39, 0.29) is 23.7 Å². The molecule has 2 aromatic rings. The zero-order valence-corrected chi connectivity index (χ0v) is 16.1. The molecule has 140 valence electrons. The van der Waals surface area contributed by atoms with Crippen molar-refractivity contribution in [3.63, 3.8) is 0 Å². The standard InChI is InChI=1S/C19H25FN4OS/c1-3-13(2)21-18(25)15-5-4-10-24(12-15)19-22-17(23-26-19)11-14-6-8-16(20)9-7-14/h6-9,13,15H,3-5,10-12H2,1-2H3,(H,21,25)/t13-,15-/m0/s1. The van der Waals surface area contributed by atoms with Crippen molar-refractivity contribution in [3.05, 3.63) is 41.5 Å². The van der Waals surface area contributed by atoms with Gasteiger partial charge in [0.05, 0.1) is 5.92 Å². The Balaban J connectivity index is 1.61. The van der Waals surface area contributed by atoms with Gasteiger partial charge >= 0.3 is 0 Å². The first-order valence-electron chi connectivity index (χ1n) is 9.17. The van der Waals surface area contributed by atoms with Crippen LogP contribution in [0, 0.1) is 11.7 Å². The number of aromatic nitrogens is 2. The Bertz CT molecular complexity index is 733. The molecule has 7 heteroatoms. The molecule has 2 atom stereocenters. The Labute approximate surface area is 157 Å². The fourth-order valence-corrected chi connectivity index (χ4v) is 3.78. The first-order chi connectivity index (χ1) is 12.5. The number of carbonyl (C=O) groups excluding carboxylic acids is 1. The van der Waals surface area contributed by atoms with E-state index in [1.807, 2.05) is 6.92 Å². The Hall–Kier alpha value is -2.02. The van der Waals surface area contributed by atoms with Crippen LogP contribution in [0.25, 0.3) is 0 Å². The fraction of sp³-hybridized carbons (Fsp3) is 0.526. The minimum absolute atomic E-state index is 0.00204. The molecule has 1 aliphatic heterocycles. The number of hydrogen-bond acceptors (Lipinski definition) is 5. The average molecular weight is 377 g/mol. The summed E-state index contributed by atoms with van der Waals surface area (Å²) in [7, 11) is 0. The lowest BCUT2D eigenvalue weighted by molar-refractivity contribution is -0.125. The van der Waals surface area contributed by atoms with Crippen LogP contribution in [0.5, 0.6) is 0 Å². The number of amides is 1. The molecule has 1 N–H and O–H groups in total. The number of piperidine rings is 1. The van der Waals surface area contributed by atoms with Crippen molar-refractivity contribution in [1.82, 2.24) is 14.7 Å². The molecule has 0 aliphatic carbocycles. The first kappa shape index (κ1) is 18.8. The normalized spacial score (nSPS) is 18.6. The summed E-state index contributed by atoms with van der Waals surface area (Å²) in [6.45, 7) is 5.69. The Morgan fingerprint density at radius 2 is 2.19 bits per heavy atom. The van der Waals surface area contributed by atoms with Crippen molar-refractivity contribution in [1.29, 1.82) is 0 Å². The minimum Gasteiger partial charge on any atom is -0.353 e. The predicted molar refractivity (Wildman–Crippen MR) is 102 cm³/mol. The van der Waals surface area contributed by atoms with Crippen molar-refractivity contribution in [2.45, 2.75) is 45.6 Å². The van der Waals surface area contributed by atoms with Crippen molar-refractivity contribution in [2.75, 3.05) is 18.0 Å². The van der Waals surface area contributed by atoms with E-state index in [1.165, 1.54) is 23.7 Å². The third-order valence-corrected chi connectivity index (χ3v) is 5.61. The summed E-state index contributed by atoms with van der Waals surface area (Å²) in [5, 5.41) is 3.95. The van der Waals surface area contributed by atoms with Crippen LogP contribution < -0.4 is 10.2 Å². The summed E-state index contributed by atoms with van der Waals surface area (Å²) in [4.78, 5) is 19.2. The first-order valence-corrected chi connectivity index (χ1v) is 9.95. The molecule has 5 nitrogen and oxygen atoms in total. The number of nitrogens with one attached hydrogen (secondary N) is 1. The molecule has 0 bridgehead atoms. The molecule has 2 heterocycles. The van der Waals surface area contributed by atoms with Crippen LogP contribution in [0.4, 0.5) is 9.52 Å². The van der Waals surface area contributed by atoms with Gasteiger partial charge in [-0.05, 0) is 43.9 Å². The molecule has 1 saturated heterocycles. The number of benzene rings is 1. The molecule has 0 unspecified atom stereocenters. The summed E-state index contributed by atoms with van der Waals surface area (Å²) >= 11 is 1.37. The molecule has 0 spiro atoms. The largest absolute Gasteiger partial charge is 0.353 e. The molecule has 0 radical (unpaired) electrons. The predicted octanol–water partition coefficient (Wildman–Crippen LogP) is 3.40. The van der Waals surface area contributed by atoms with Crippen molar-refractivity contribution >= 4 is 22.6 Å². The van der Waals surface area contributed by atoms with Gasteiger partial charge in [0.25, 0.3) is 0 Å². The second kappa shape index (κ2) is 8.58. The third-order valence-electron chi connectivity index (χ3n) is 4.80. The zero-order chi connectivity index (χ0) is 18.5. The van der Waals surface area contributed by atoms with Crippen LogP contribution in [0.15, 0.2) is 24.3 Å². The minimum atomic E-state index is -0.240. The molecule has 1 aromatic heterocycles. The summed E-state index contributed by atoms with van der Waals surface area (Å²) in [5.74, 6) is 0.640. The summed E-state index contributed by atoms with van der Waals surface area (Å²) in [5.41, 5.74) is 0.986. The van der Waals surface area contributed by atoms with Gasteiger partial charge in [-0.25, -0.2) is 9.37 Å². The smallest absolute Gasteiger partial charge is 0.225 e. The number of hydrogen-bond donors (Lipinski definition) is 1. The van der Waals surface area contributed by atoms with Crippen molar-refractivity contribution < 1.29 is 9.18 Å². The van der Waals surface area contributed by atoms with E-state index in [2.05, 4.69) is 26.5 Å². The highest BCUT2D eigenvalue weighted by Gasteiger charge is 2.28. The SMILES string of the molecule is CC[C@H](C)NC(=O)[C@H]1CCCN(c2nc(Cc3ccc(F)cc3)ns2)C1. The van der Waals surface area contributed by atoms with Crippen LogP contribution >= 0.6 is 11.5 Å². The van der Waals surface area contributed by atoms with Crippen LogP contribution in [-0.2, 0) is 11.2 Å². The number of nitrogens with zero attached hydrogens (tertiary/aromatic N) is 3. The zero-order valence-electron chi connectivity index (χ0n) is 15.2. The lowest BCUT2D eigenvalue weighted by Crippen LogP contribution is -2.45. The van der Waals surface area contributed by atoms with Gasteiger partial charge in [-0.3, -0.25) is 4.79 Å². The fourth-order valence-electron chi connectivity index (χ4n) is 3.06. The van der Waals surface area contributed by atoms with Gasteiger partial charge in [0.2, 0.25) is 11.0 Å². The number of rotatable bonds is 6. The average Bonchev–Trinajstić information content (AvgIpc) is 3.12. The van der Waals surface area contributed by atoms with E-state index in [1.54, 1.807) is 12.1 Å². The van der Waals surface area contributed by atoms with E-state index in [9.17, 15) is 9.18 Å². The highest BCUT2D eigenvalue weighted by molar-refractivity contribution is 7.09. The maximum atomic E-state index is 13.0. The Morgan fingerprint density at radius 1 is 1.42 bits per heavy atom. The molecule has 1 aliphatic rings. The van der Waals surface area contributed by atoms with Gasteiger partial charge in [0, 0.05) is 37.1 Å². The summed E-state index contributed by atoms with van der Waals surface area (Å²) in [6, 6.07) is 6.63. The van der Waals surface area contributed by atoms with E-state index in [0.29, 0.717) is 13.0 Å². The lowest BCUT2D eigenvalue weighted by atomic mass is 9.97. The quantitative estimate of drug-likeness (QED) is 0.839. The maximum absolute atomic E-state index is 13.0. The van der Waals surface area contributed by atoms with Gasteiger partial charge < -0.3 is 10.2 Å². The topological polar surface area (TPSA) is 58.1 Å². The molecule has 1 aromatic carbocycles. The van der Waals surface area contributed by atoms with E-state index in [4.69, 9.17) is 0 Å². The molecule has 1 amide bonds. The molecule has 26 heavy (non-hydrogen) atoms. The summed E-state index contributed by atoms with van der Waals surface area (Å²) in [6.07, 6.45) is 3.42. The Morgan fingerprint density at radius 3 is 2.92 bits per heavy atom.